The Balaban J connectivity index is 3.99. The quantitative estimate of drug-likeness (QED) is 0.561. The van der Waals surface area contributed by atoms with E-state index in [-0.39, 0.29) is 0 Å². The fourth-order valence-corrected chi connectivity index (χ4v) is 1.63. The van der Waals surface area contributed by atoms with E-state index >= 15 is 0 Å². The highest BCUT2D eigenvalue weighted by atomic mass is 28.4. The van der Waals surface area contributed by atoms with Gasteiger partial charge in [-0.1, -0.05) is 0 Å². The van der Waals surface area contributed by atoms with Crippen LogP contribution in [0, 0.1) is 0 Å². The monoisotopic (exact) mass is 177 g/mol. The summed E-state index contributed by atoms with van der Waals surface area (Å²) in [6.45, 7) is 3.26. The molecule has 0 aromatic rings. The SMILES string of the molecule is CC(=O)O[Si](C)([O])OC(C)=O. The molecule has 5 nitrogen and oxygen atoms in total. The van der Waals surface area contributed by atoms with Gasteiger partial charge in [0.25, 0.3) is 11.9 Å². The van der Waals surface area contributed by atoms with Crippen molar-refractivity contribution in [3.63, 3.8) is 0 Å². The number of hydrogen-bond donors (Lipinski definition) is 0. The van der Waals surface area contributed by atoms with E-state index < -0.39 is 20.7 Å². The van der Waals surface area contributed by atoms with Crippen LogP contribution >= 0.6 is 0 Å². The van der Waals surface area contributed by atoms with Crippen LogP contribution in [0.25, 0.3) is 0 Å². The molecule has 0 aliphatic rings. The van der Waals surface area contributed by atoms with Gasteiger partial charge in [0.15, 0.2) is 0 Å². The minimum absolute atomic E-state index is 0.726. The molecule has 0 atom stereocenters. The fraction of sp³-hybridized carbons (Fsp3) is 0.600. The molecule has 6 heteroatoms. The molecule has 0 spiro atoms. The molecule has 11 heavy (non-hydrogen) atoms. The van der Waals surface area contributed by atoms with Crippen molar-refractivity contribution >= 4 is 20.7 Å². The van der Waals surface area contributed by atoms with Crippen molar-refractivity contribution < 1.29 is 23.2 Å². The Kier molecular flexibility index (Phi) is 3.21. The number of hydrogen-bond acceptors (Lipinski definition) is 4. The van der Waals surface area contributed by atoms with Crippen LogP contribution < -0.4 is 0 Å². The maximum absolute atomic E-state index is 11.0. The van der Waals surface area contributed by atoms with Crippen LogP contribution in [-0.2, 0) is 23.2 Å². The summed E-state index contributed by atoms with van der Waals surface area (Å²) in [5, 5.41) is 0. The van der Waals surface area contributed by atoms with E-state index in [0.29, 0.717) is 0 Å². The second kappa shape index (κ2) is 3.49. The van der Waals surface area contributed by atoms with Gasteiger partial charge in [-0.15, -0.1) is 0 Å². The summed E-state index contributed by atoms with van der Waals surface area (Å²) in [4.78, 5) is 31.5. The molecule has 0 aliphatic carbocycles. The van der Waals surface area contributed by atoms with Gasteiger partial charge < -0.3 is 8.85 Å². The van der Waals surface area contributed by atoms with E-state index in [1.807, 2.05) is 0 Å². The van der Waals surface area contributed by atoms with Gasteiger partial charge >= 0.3 is 8.80 Å². The van der Waals surface area contributed by atoms with E-state index in [1.54, 1.807) is 0 Å². The summed E-state index contributed by atoms with van der Waals surface area (Å²) in [5.74, 6) is -1.45. The second-order valence-corrected chi connectivity index (χ2v) is 4.18. The molecule has 0 aliphatic heterocycles. The van der Waals surface area contributed by atoms with E-state index in [4.69, 9.17) is 0 Å². The molecule has 0 fully saturated rings. The molecular weight excluding hydrogens is 168 g/mol. The third kappa shape index (κ3) is 5.56. The summed E-state index contributed by atoms with van der Waals surface area (Å²) >= 11 is 0. The molecule has 0 aromatic carbocycles. The summed E-state index contributed by atoms with van der Waals surface area (Å²) in [6, 6.07) is 0. The minimum atomic E-state index is -3.78. The van der Waals surface area contributed by atoms with Gasteiger partial charge in [0.1, 0.15) is 0 Å². The Labute approximate surface area is 65.3 Å². The number of carbonyl (C=O) groups excluding carboxylic acids is 2. The zero-order valence-electron chi connectivity index (χ0n) is 6.54. The van der Waals surface area contributed by atoms with Crippen molar-refractivity contribution in [3.05, 3.63) is 0 Å². The molecule has 0 bridgehead atoms. The fourth-order valence-electron chi connectivity index (χ4n) is 0.543. The molecule has 0 aromatic heterocycles. The summed E-state index contributed by atoms with van der Waals surface area (Å²) in [6.07, 6.45) is 0. The second-order valence-electron chi connectivity index (χ2n) is 2.05. The third-order valence-corrected chi connectivity index (χ3v) is 1.97. The minimum Gasteiger partial charge on any atom is -0.463 e. The largest absolute Gasteiger partial charge is 0.659 e. The summed E-state index contributed by atoms with van der Waals surface area (Å²) in [5.41, 5.74) is 0. The lowest BCUT2D eigenvalue weighted by atomic mass is 10.9. The molecule has 0 heterocycles. The highest BCUT2D eigenvalue weighted by Crippen LogP contribution is 2.03. The van der Waals surface area contributed by atoms with Crippen molar-refractivity contribution in [1.82, 2.24) is 0 Å². The molecule has 0 N–H and O–H groups in total. The zero-order chi connectivity index (χ0) is 9.07. The standard InChI is InChI=1S/C5H9O5Si/c1-4(6)9-11(3,8)10-5(2)7/h1-3H3. The number of carbonyl (C=O) groups is 2. The first-order valence-electron chi connectivity index (χ1n) is 2.93. The van der Waals surface area contributed by atoms with E-state index in [1.165, 1.54) is 0 Å². The first kappa shape index (κ1) is 10.1. The van der Waals surface area contributed by atoms with Crippen molar-refractivity contribution in [1.29, 1.82) is 0 Å². The Morgan fingerprint density at radius 1 is 1.09 bits per heavy atom. The highest BCUT2D eigenvalue weighted by molar-refractivity contribution is 6.60. The van der Waals surface area contributed by atoms with E-state index in [0.717, 1.165) is 20.4 Å². The molecule has 1 radical (unpaired) electrons. The van der Waals surface area contributed by atoms with Gasteiger partial charge in [0.2, 0.25) is 0 Å². The van der Waals surface area contributed by atoms with Gasteiger partial charge in [0.05, 0.1) is 0 Å². The average molecular weight is 177 g/mol. The van der Waals surface area contributed by atoms with Crippen LogP contribution in [0.2, 0.25) is 6.55 Å². The topological polar surface area (TPSA) is 72.5 Å². The molecule has 0 rings (SSSR count). The Morgan fingerprint density at radius 2 is 1.36 bits per heavy atom. The van der Waals surface area contributed by atoms with Gasteiger partial charge in [-0.05, 0) is 0 Å². The molecule has 0 amide bonds. The van der Waals surface area contributed by atoms with Gasteiger partial charge in [-0.2, -0.15) is 0 Å². The molecule has 0 saturated carbocycles. The van der Waals surface area contributed by atoms with Crippen LogP contribution in [-0.4, -0.2) is 20.7 Å². The van der Waals surface area contributed by atoms with Gasteiger partial charge in [-0.3, -0.25) is 9.59 Å². The summed E-state index contributed by atoms with van der Waals surface area (Å²) in [7, 11) is -3.78. The van der Waals surface area contributed by atoms with E-state index in [9.17, 15) is 14.4 Å². The zero-order valence-corrected chi connectivity index (χ0v) is 7.54. The van der Waals surface area contributed by atoms with Crippen LogP contribution in [0.4, 0.5) is 0 Å². The normalized spacial score (nSPS) is 10.5. The maximum Gasteiger partial charge on any atom is 0.659 e. The lowest BCUT2D eigenvalue weighted by Crippen LogP contribution is -2.40. The lowest BCUT2D eigenvalue weighted by Gasteiger charge is -2.14. The predicted molar refractivity (Wildman–Crippen MR) is 35.8 cm³/mol. The molecule has 63 valence electrons. The van der Waals surface area contributed by atoms with Crippen LogP contribution in [0.1, 0.15) is 13.8 Å². The number of rotatable bonds is 2. The first-order chi connectivity index (χ1) is 4.83. The van der Waals surface area contributed by atoms with Crippen molar-refractivity contribution in [2.45, 2.75) is 20.4 Å². The molecule has 0 saturated heterocycles. The average Bonchev–Trinajstić information content (AvgIpc) is 1.53. The van der Waals surface area contributed by atoms with Crippen molar-refractivity contribution in [2.24, 2.45) is 0 Å². The predicted octanol–water partition coefficient (Wildman–Crippen LogP) is 0.112. The van der Waals surface area contributed by atoms with Gasteiger partial charge in [0, 0.05) is 20.4 Å². The Bertz CT molecular complexity index is 158. The van der Waals surface area contributed by atoms with Gasteiger partial charge in [-0.25, -0.2) is 4.80 Å². The molecule has 0 unspecified atom stereocenters. The van der Waals surface area contributed by atoms with Crippen LogP contribution in [0.15, 0.2) is 0 Å². The van der Waals surface area contributed by atoms with Crippen LogP contribution in [0.5, 0.6) is 0 Å². The molecular formula is C5H9O5Si. The van der Waals surface area contributed by atoms with Crippen molar-refractivity contribution in [3.8, 4) is 0 Å². The lowest BCUT2D eigenvalue weighted by molar-refractivity contribution is -0.142. The maximum atomic E-state index is 11.0. The highest BCUT2D eigenvalue weighted by Gasteiger charge is 2.39. The first-order valence-corrected chi connectivity index (χ1v) is 5.15. The summed E-state index contributed by atoms with van der Waals surface area (Å²) < 4.78 is 8.50. The van der Waals surface area contributed by atoms with E-state index in [2.05, 4.69) is 8.85 Å². The van der Waals surface area contributed by atoms with Crippen molar-refractivity contribution in [2.75, 3.05) is 0 Å². The smallest absolute Gasteiger partial charge is 0.463 e. The Morgan fingerprint density at radius 3 is 1.55 bits per heavy atom. The third-order valence-electron chi connectivity index (χ3n) is 0.658. The Hall–Kier alpha value is -0.883. The van der Waals surface area contributed by atoms with Crippen LogP contribution in [0.3, 0.4) is 0 Å².